The zero-order valence-electron chi connectivity index (χ0n) is 18.7. The fourth-order valence-corrected chi connectivity index (χ4v) is 2.33. The third kappa shape index (κ3) is 21.0. The van der Waals surface area contributed by atoms with Crippen molar-refractivity contribution in [1.82, 2.24) is 10.6 Å². The Balaban J connectivity index is 3.20. The van der Waals surface area contributed by atoms with Gasteiger partial charge in [-0.25, -0.2) is 0 Å². The lowest BCUT2D eigenvalue weighted by atomic mass is 10.2. The molecule has 0 aliphatic carbocycles. The highest BCUT2D eigenvalue weighted by molar-refractivity contribution is 5.81. The van der Waals surface area contributed by atoms with E-state index in [4.69, 9.17) is 14.2 Å². The van der Waals surface area contributed by atoms with Gasteiger partial charge in [0.25, 0.3) is 0 Å². The Bertz CT molecular complexity index is 447. The first-order valence-corrected chi connectivity index (χ1v) is 10.9. The number of unbranched alkanes of at least 4 members (excludes halogenated alkanes) is 2. The van der Waals surface area contributed by atoms with E-state index in [1.807, 2.05) is 0 Å². The smallest absolute Gasteiger partial charge is 0.306 e. The molecule has 0 atom stereocenters. The molecule has 0 heterocycles. The van der Waals surface area contributed by atoms with Crippen molar-refractivity contribution in [2.24, 2.45) is 0 Å². The molecule has 0 rings (SSSR count). The standard InChI is InChI=1S/C21H40N2O7/c1-3-4-11-22-19(24)8-5-6-13-28-15-17-30-18-16-29-14-7-12-23-20(25)9-10-21(26)27-2/h3-18H2,1-2H3,(H,22,24)(H,23,25). The number of hydrogen-bond donors (Lipinski definition) is 2. The third-order valence-electron chi connectivity index (χ3n) is 4.11. The number of esters is 1. The van der Waals surface area contributed by atoms with Crippen molar-refractivity contribution < 1.29 is 33.3 Å². The summed E-state index contributed by atoms with van der Waals surface area (Å²) in [6.45, 7) is 6.56. The minimum Gasteiger partial charge on any atom is -0.469 e. The van der Waals surface area contributed by atoms with Crippen molar-refractivity contribution in [3.8, 4) is 0 Å². The second-order valence-corrected chi connectivity index (χ2v) is 6.78. The number of carbonyl (C=O) groups excluding carboxylic acids is 3. The lowest BCUT2D eigenvalue weighted by Gasteiger charge is -2.08. The zero-order chi connectivity index (χ0) is 22.3. The molecule has 0 bridgehead atoms. The third-order valence-corrected chi connectivity index (χ3v) is 4.11. The second kappa shape index (κ2) is 22.0. The summed E-state index contributed by atoms with van der Waals surface area (Å²) in [6, 6.07) is 0. The van der Waals surface area contributed by atoms with Gasteiger partial charge < -0.3 is 29.6 Å². The van der Waals surface area contributed by atoms with Gasteiger partial charge in [-0.05, 0) is 25.7 Å². The van der Waals surface area contributed by atoms with Gasteiger partial charge in [0.1, 0.15) is 0 Å². The Morgan fingerprint density at radius 1 is 0.633 bits per heavy atom. The van der Waals surface area contributed by atoms with Gasteiger partial charge in [0.15, 0.2) is 0 Å². The van der Waals surface area contributed by atoms with Crippen LogP contribution in [-0.2, 0) is 33.3 Å². The van der Waals surface area contributed by atoms with Crippen molar-refractivity contribution in [3.63, 3.8) is 0 Å². The molecule has 0 aliphatic rings. The largest absolute Gasteiger partial charge is 0.469 e. The monoisotopic (exact) mass is 432 g/mol. The average Bonchev–Trinajstić information content (AvgIpc) is 2.74. The predicted molar refractivity (Wildman–Crippen MR) is 113 cm³/mol. The first-order chi connectivity index (χ1) is 14.6. The van der Waals surface area contributed by atoms with Crippen LogP contribution >= 0.6 is 0 Å². The maximum atomic E-state index is 11.5. The molecule has 0 saturated carbocycles. The van der Waals surface area contributed by atoms with Crippen LogP contribution in [0.4, 0.5) is 0 Å². The Morgan fingerprint density at radius 2 is 1.17 bits per heavy atom. The van der Waals surface area contributed by atoms with E-state index in [0.29, 0.717) is 59.0 Å². The Kier molecular flexibility index (Phi) is 20.7. The molecule has 30 heavy (non-hydrogen) atoms. The van der Waals surface area contributed by atoms with Gasteiger partial charge in [-0.3, -0.25) is 14.4 Å². The number of amides is 2. The molecule has 0 unspecified atom stereocenters. The topological polar surface area (TPSA) is 112 Å². The maximum Gasteiger partial charge on any atom is 0.306 e. The first-order valence-electron chi connectivity index (χ1n) is 10.9. The minimum absolute atomic E-state index is 0.0934. The van der Waals surface area contributed by atoms with Gasteiger partial charge in [-0.2, -0.15) is 0 Å². The molecule has 0 fully saturated rings. The minimum atomic E-state index is -0.388. The molecule has 176 valence electrons. The SMILES string of the molecule is CCCCNC(=O)CCCCOCCOCCOCCCNC(=O)CCC(=O)OC. The van der Waals surface area contributed by atoms with E-state index in [1.165, 1.54) is 7.11 Å². The number of nitrogens with one attached hydrogen (secondary N) is 2. The Morgan fingerprint density at radius 3 is 1.77 bits per heavy atom. The van der Waals surface area contributed by atoms with Gasteiger partial charge in [0.05, 0.1) is 40.0 Å². The first kappa shape index (κ1) is 28.3. The molecule has 0 radical (unpaired) electrons. The zero-order valence-corrected chi connectivity index (χ0v) is 18.7. The summed E-state index contributed by atoms with van der Waals surface area (Å²) >= 11 is 0. The summed E-state index contributed by atoms with van der Waals surface area (Å²) in [7, 11) is 1.30. The van der Waals surface area contributed by atoms with E-state index >= 15 is 0 Å². The lowest BCUT2D eigenvalue weighted by molar-refractivity contribution is -0.142. The molecular formula is C21H40N2O7. The number of rotatable bonds is 21. The molecule has 9 nitrogen and oxygen atoms in total. The van der Waals surface area contributed by atoms with Crippen molar-refractivity contribution in [1.29, 1.82) is 0 Å². The number of ether oxygens (including phenoxy) is 4. The van der Waals surface area contributed by atoms with Crippen LogP contribution in [0.5, 0.6) is 0 Å². The van der Waals surface area contributed by atoms with Crippen molar-refractivity contribution >= 4 is 17.8 Å². The van der Waals surface area contributed by atoms with Crippen LogP contribution in [0.25, 0.3) is 0 Å². The molecule has 0 aromatic rings. The van der Waals surface area contributed by atoms with Crippen LogP contribution in [0.1, 0.15) is 58.3 Å². The number of hydrogen-bond acceptors (Lipinski definition) is 7. The van der Waals surface area contributed by atoms with Gasteiger partial charge >= 0.3 is 5.97 Å². The maximum absolute atomic E-state index is 11.5. The normalized spacial score (nSPS) is 10.6. The summed E-state index contributed by atoms with van der Waals surface area (Å²) in [4.78, 5) is 33.9. The van der Waals surface area contributed by atoms with E-state index in [0.717, 1.165) is 32.2 Å². The summed E-state index contributed by atoms with van der Waals surface area (Å²) in [5.74, 6) is -0.437. The van der Waals surface area contributed by atoms with E-state index < -0.39 is 0 Å². The molecule has 2 amide bonds. The molecule has 2 N–H and O–H groups in total. The summed E-state index contributed by atoms with van der Waals surface area (Å²) < 4.78 is 20.8. The van der Waals surface area contributed by atoms with Crippen molar-refractivity contribution in [2.75, 3.05) is 59.8 Å². The van der Waals surface area contributed by atoms with Crippen LogP contribution in [0.3, 0.4) is 0 Å². The van der Waals surface area contributed by atoms with Crippen LogP contribution in [-0.4, -0.2) is 77.6 Å². The molecule has 0 saturated heterocycles. The van der Waals surface area contributed by atoms with Gasteiger partial charge in [-0.1, -0.05) is 13.3 Å². The van der Waals surface area contributed by atoms with Crippen LogP contribution in [0.2, 0.25) is 0 Å². The van der Waals surface area contributed by atoms with E-state index in [1.54, 1.807) is 0 Å². The highest BCUT2D eigenvalue weighted by Crippen LogP contribution is 1.97. The lowest BCUT2D eigenvalue weighted by Crippen LogP contribution is -2.25. The van der Waals surface area contributed by atoms with E-state index in [9.17, 15) is 14.4 Å². The second-order valence-electron chi connectivity index (χ2n) is 6.78. The van der Waals surface area contributed by atoms with Gasteiger partial charge in [0.2, 0.25) is 11.8 Å². The fourth-order valence-electron chi connectivity index (χ4n) is 2.33. The number of methoxy groups -OCH3 is 1. The van der Waals surface area contributed by atoms with Crippen LogP contribution < -0.4 is 10.6 Å². The summed E-state index contributed by atoms with van der Waals surface area (Å²) in [5, 5.41) is 5.62. The van der Waals surface area contributed by atoms with Crippen molar-refractivity contribution in [3.05, 3.63) is 0 Å². The molecule has 0 aromatic carbocycles. The van der Waals surface area contributed by atoms with Crippen LogP contribution in [0, 0.1) is 0 Å². The average molecular weight is 433 g/mol. The van der Waals surface area contributed by atoms with Gasteiger partial charge in [0, 0.05) is 39.1 Å². The molecule has 9 heteroatoms. The molecule has 0 spiro atoms. The van der Waals surface area contributed by atoms with Crippen LogP contribution in [0.15, 0.2) is 0 Å². The number of carbonyl (C=O) groups is 3. The summed E-state index contributed by atoms with van der Waals surface area (Å²) in [6.07, 6.45) is 5.29. The van der Waals surface area contributed by atoms with Gasteiger partial charge in [-0.15, -0.1) is 0 Å². The summed E-state index contributed by atoms with van der Waals surface area (Å²) in [5.41, 5.74) is 0. The van der Waals surface area contributed by atoms with E-state index in [-0.39, 0.29) is 30.6 Å². The highest BCUT2D eigenvalue weighted by atomic mass is 16.5. The fraction of sp³-hybridized carbons (Fsp3) is 0.857. The molecular weight excluding hydrogens is 392 g/mol. The van der Waals surface area contributed by atoms with Crippen molar-refractivity contribution in [2.45, 2.75) is 58.3 Å². The molecule has 0 aromatic heterocycles. The molecule has 0 aliphatic heterocycles. The Hall–Kier alpha value is -1.71. The quantitative estimate of drug-likeness (QED) is 0.209. The van der Waals surface area contributed by atoms with E-state index in [2.05, 4.69) is 22.3 Å². The Labute approximate surface area is 180 Å². The highest BCUT2D eigenvalue weighted by Gasteiger charge is 2.05. The predicted octanol–water partition coefficient (Wildman–Crippen LogP) is 1.58.